The predicted octanol–water partition coefficient (Wildman–Crippen LogP) is 2.50. The summed E-state index contributed by atoms with van der Waals surface area (Å²) in [6.45, 7) is 1.74. The Hall–Kier alpha value is -0.610. The molecule has 5 heteroatoms. The van der Waals surface area contributed by atoms with Crippen molar-refractivity contribution >= 4 is 33.5 Å². The minimum Gasteiger partial charge on any atom is -0.478 e. The monoisotopic (exact) mass is 249 g/mol. The number of halogens is 2. The highest BCUT2D eigenvalue weighted by atomic mass is 79.9. The van der Waals surface area contributed by atoms with Gasteiger partial charge >= 0.3 is 5.97 Å². The molecule has 1 heterocycles. The lowest BCUT2D eigenvalue weighted by atomic mass is 10.2. The van der Waals surface area contributed by atoms with E-state index in [1.807, 2.05) is 0 Å². The second-order valence-corrected chi connectivity index (χ2v) is 3.36. The quantitative estimate of drug-likeness (QED) is 0.833. The Kier molecular flexibility index (Phi) is 2.69. The molecule has 0 aliphatic rings. The number of carboxylic acid groups (broad SMARTS) is 1. The van der Waals surface area contributed by atoms with Gasteiger partial charge in [0.05, 0.1) is 20.8 Å². The molecule has 12 heavy (non-hydrogen) atoms. The van der Waals surface area contributed by atoms with E-state index in [4.69, 9.17) is 16.7 Å². The number of carboxylic acids is 1. The minimum atomic E-state index is -1.08. The lowest BCUT2D eigenvalue weighted by Crippen LogP contribution is -2.00. The number of hydrogen-bond acceptors (Lipinski definition) is 2. The van der Waals surface area contributed by atoms with Gasteiger partial charge in [0.15, 0.2) is 0 Å². The molecule has 64 valence electrons. The van der Waals surface area contributed by atoms with Crippen molar-refractivity contribution in [3.05, 3.63) is 26.9 Å². The van der Waals surface area contributed by atoms with Gasteiger partial charge in [-0.3, -0.25) is 4.98 Å². The summed E-state index contributed by atoms with van der Waals surface area (Å²) in [6.07, 6.45) is 1.24. The Balaban J connectivity index is 3.36. The van der Waals surface area contributed by atoms with Gasteiger partial charge in [0.25, 0.3) is 0 Å². The molecule has 0 amide bonds. The molecular weight excluding hydrogens is 245 g/mol. The summed E-state index contributed by atoms with van der Waals surface area (Å²) < 4.78 is 0.532. The molecule has 0 bridgehead atoms. The van der Waals surface area contributed by atoms with Crippen LogP contribution in [0.5, 0.6) is 0 Å². The van der Waals surface area contributed by atoms with Gasteiger partial charge in [-0.25, -0.2) is 4.79 Å². The maximum absolute atomic E-state index is 10.5. The number of aryl methyl sites for hydroxylation is 1. The predicted molar refractivity (Wildman–Crippen MR) is 48.6 cm³/mol. The van der Waals surface area contributed by atoms with Crippen molar-refractivity contribution in [2.75, 3.05) is 0 Å². The number of hydrogen-bond donors (Lipinski definition) is 1. The lowest BCUT2D eigenvalue weighted by Gasteiger charge is -2.02. The molecule has 0 saturated heterocycles. The summed E-state index contributed by atoms with van der Waals surface area (Å²) in [5, 5.41) is 8.83. The van der Waals surface area contributed by atoms with Crippen LogP contribution in [0, 0.1) is 6.92 Å². The van der Waals surface area contributed by atoms with Gasteiger partial charge < -0.3 is 5.11 Å². The highest BCUT2D eigenvalue weighted by Crippen LogP contribution is 2.27. The molecule has 0 radical (unpaired) electrons. The number of nitrogens with zero attached hydrogens (tertiary/aromatic N) is 1. The van der Waals surface area contributed by atoms with Crippen LogP contribution in [0.25, 0.3) is 0 Å². The van der Waals surface area contributed by atoms with Gasteiger partial charge in [0.1, 0.15) is 0 Å². The lowest BCUT2D eigenvalue weighted by molar-refractivity contribution is 0.0696. The van der Waals surface area contributed by atoms with E-state index < -0.39 is 5.97 Å². The van der Waals surface area contributed by atoms with Crippen molar-refractivity contribution in [3.8, 4) is 0 Å². The van der Waals surface area contributed by atoms with Crippen molar-refractivity contribution in [2.45, 2.75) is 6.92 Å². The molecule has 1 rings (SSSR count). The van der Waals surface area contributed by atoms with Crippen LogP contribution in [0.3, 0.4) is 0 Å². The van der Waals surface area contributed by atoms with Crippen LogP contribution in [-0.4, -0.2) is 16.1 Å². The van der Waals surface area contributed by atoms with E-state index >= 15 is 0 Å². The first kappa shape index (κ1) is 9.48. The summed E-state index contributed by atoms with van der Waals surface area (Å²) in [4.78, 5) is 14.4. The molecule has 1 aromatic rings. The fraction of sp³-hybridized carbons (Fsp3) is 0.143. The Morgan fingerprint density at radius 2 is 2.33 bits per heavy atom. The zero-order valence-corrected chi connectivity index (χ0v) is 8.48. The van der Waals surface area contributed by atoms with E-state index in [1.165, 1.54) is 6.20 Å². The van der Waals surface area contributed by atoms with Crippen LogP contribution in [0.15, 0.2) is 10.7 Å². The van der Waals surface area contributed by atoms with Crippen molar-refractivity contribution in [1.82, 2.24) is 4.98 Å². The van der Waals surface area contributed by atoms with Crippen LogP contribution >= 0.6 is 27.5 Å². The van der Waals surface area contributed by atoms with Gasteiger partial charge in [0.2, 0.25) is 0 Å². The normalized spacial score (nSPS) is 9.92. The average Bonchev–Trinajstić information content (AvgIpc) is 2.00. The summed E-state index contributed by atoms with van der Waals surface area (Å²) in [7, 11) is 0. The van der Waals surface area contributed by atoms with Crippen molar-refractivity contribution in [1.29, 1.82) is 0 Å². The highest BCUT2D eigenvalue weighted by molar-refractivity contribution is 9.10. The van der Waals surface area contributed by atoms with Crippen LogP contribution < -0.4 is 0 Å². The SMILES string of the molecule is Cc1ncc(C(=O)O)c(Cl)c1Br. The molecular formula is C7H5BrClNO2. The van der Waals surface area contributed by atoms with Gasteiger partial charge in [-0.1, -0.05) is 11.6 Å². The third kappa shape index (κ3) is 1.59. The molecule has 1 aromatic heterocycles. The molecule has 0 aromatic carbocycles. The largest absolute Gasteiger partial charge is 0.478 e. The second-order valence-electron chi connectivity index (χ2n) is 2.19. The highest BCUT2D eigenvalue weighted by Gasteiger charge is 2.13. The number of rotatable bonds is 1. The summed E-state index contributed by atoms with van der Waals surface area (Å²) >= 11 is 8.87. The standard InChI is InChI=1S/C7H5BrClNO2/c1-3-5(8)6(9)4(2-10-3)7(11)12/h2H,1H3,(H,11,12). The molecule has 0 saturated carbocycles. The molecule has 3 nitrogen and oxygen atoms in total. The molecule has 1 N–H and O–H groups in total. The molecule has 0 spiro atoms. The van der Waals surface area contributed by atoms with E-state index in [1.54, 1.807) is 6.92 Å². The van der Waals surface area contributed by atoms with E-state index in [0.29, 0.717) is 10.2 Å². The maximum atomic E-state index is 10.5. The Labute approximate surface area is 82.5 Å². The summed E-state index contributed by atoms with van der Waals surface area (Å²) in [6, 6.07) is 0. The maximum Gasteiger partial charge on any atom is 0.338 e. The topological polar surface area (TPSA) is 50.2 Å². The average molecular weight is 250 g/mol. The summed E-state index contributed by atoms with van der Waals surface area (Å²) in [5.41, 5.74) is 0.680. The van der Waals surface area contributed by atoms with Crippen molar-refractivity contribution < 1.29 is 9.90 Å². The van der Waals surface area contributed by atoms with Gasteiger partial charge in [-0.05, 0) is 22.9 Å². The first-order chi connectivity index (χ1) is 5.54. The molecule has 0 aliphatic heterocycles. The first-order valence-electron chi connectivity index (χ1n) is 3.08. The number of aromatic carboxylic acids is 1. The second kappa shape index (κ2) is 3.41. The van der Waals surface area contributed by atoms with Crippen molar-refractivity contribution in [3.63, 3.8) is 0 Å². The number of aromatic nitrogens is 1. The zero-order chi connectivity index (χ0) is 9.30. The van der Waals surface area contributed by atoms with Crippen LogP contribution in [-0.2, 0) is 0 Å². The molecule has 0 atom stereocenters. The number of carbonyl (C=O) groups is 1. The van der Waals surface area contributed by atoms with E-state index in [9.17, 15) is 4.79 Å². The molecule has 0 fully saturated rings. The van der Waals surface area contributed by atoms with Gasteiger partial charge in [0, 0.05) is 6.20 Å². The Bertz CT molecular complexity index is 340. The minimum absolute atomic E-state index is 0.00846. The Morgan fingerprint density at radius 1 is 1.75 bits per heavy atom. The van der Waals surface area contributed by atoms with Crippen molar-refractivity contribution in [2.24, 2.45) is 0 Å². The molecule has 0 aliphatic carbocycles. The van der Waals surface area contributed by atoms with E-state index in [-0.39, 0.29) is 10.6 Å². The Morgan fingerprint density at radius 3 is 2.83 bits per heavy atom. The fourth-order valence-corrected chi connectivity index (χ4v) is 1.28. The van der Waals surface area contributed by atoms with E-state index in [0.717, 1.165) is 0 Å². The van der Waals surface area contributed by atoms with E-state index in [2.05, 4.69) is 20.9 Å². The van der Waals surface area contributed by atoms with Gasteiger partial charge in [-0.2, -0.15) is 0 Å². The van der Waals surface area contributed by atoms with Crippen LogP contribution in [0.1, 0.15) is 16.1 Å². The molecule has 0 unspecified atom stereocenters. The zero-order valence-electron chi connectivity index (χ0n) is 6.14. The third-order valence-electron chi connectivity index (χ3n) is 1.36. The van der Waals surface area contributed by atoms with Gasteiger partial charge in [-0.15, -0.1) is 0 Å². The summed E-state index contributed by atoms with van der Waals surface area (Å²) in [5.74, 6) is -1.08. The van der Waals surface area contributed by atoms with Crippen LogP contribution in [0.4, 0.5) is 0 Å². The first-order valence-corrected chi connectivity index (χ1v) is 4.25. The smallest absolute Gasteiger partial charge is 0.338 e. The van der Waals surface area contributed by atoms with Crippen LogP contribution in [0.2, 0.25) is 5.02 Å². The third-order valence-corrected chi connectivity index (χ3v) is 2.96. The fourth-order valence-electron chi connectivity index (χ4n) is 0.701. The number of pyridine rings is 1.